The van der Waals surface area contributed by atoms with Crippen molar-refractivity contribution >= 4 is 0 Å². The number of hydrogen-bond acceptors (Lipinski definition) is 5. The fraction of sp³-hybridized carbons (Fsp3) is 0.462. The molecule has 0 aliphatic rings. The van der Waals surface area contributed by atoms with E-state index in [1.165, 1.54) is 0 Å². The Morgan fingerprint density at radius 3 is 2.79 bits per heavy atom. The van der Waals surface area contributed by atoms with Gasteiger partial charge in [0.15, 0.2) is 0 Å². The lowest BCUT2D eigenvalue weighted by Gasteiger charge is -2.17. The summed E-state index contributed by atoms with van der Waals surface area (Å²) in [5.41, 5.74) is 1.85. The van der Waals surface area contributed by atoms with Crippen LogP contribution in [0, 0.1) is 0 Å². The number of nitrogens with zero attached hydrogens (tertiary/aromatic N) is 3. The quantitative estimate of drug-likeness (QED) is 0.827. The smallest absolute Gasteiger partial charge is 0.138 e. The lowest BCUT2D eigenvalue weighted by molar-refractivity contribution is 0.241. The number of nitrogens with one attached hydrogen (secondary N) is 2. The van der Waals surface area contributed by atoms with Gasteiger partial charge < -0.3 is 10.1 Å². The molecule has 6 nitrogen and oxygen atoms in total. The first kappa shape index (κ1) is 13.5. The Kier molecular flexibility index (Phi) is 4.46. The molecule has 2 N–H and O–H groups in total. The maximum Gasteiger partial charge on any atom is 0.138 e. The van der Waals surface area contributed by atoms with E-state index in [2.05, 4.69) is 32.6 Å². The van der Waals surface area contributed by atoms with Crippen LogP contribution in [-0.2, 0) is 0 Å². The van der Waals surface area contributed by atoms with Crippen LogP contribution in [0.1, 0.15) is 38.1 Å². The summed E-state index contributed by atoms with van der Waals surface area (Å²) in [6, 6.07) is 1.95. The maximum absolute atomic E-state index is 5.67. The van der Waals surface area contributed by atoms with Crippen molar-refractivity contribution in [3.8, 4) is 5.75 Å². The first-order chi connectivity index (χ1) is 9.20. The second-order valence-electron chi connectivity index (χ2n) is 4.51. The largest absolute Gasteiger partial charge is 0.489 e. The van der Waals surface area contributed by atoms with Crippen molar-refractivity contribution in [2.45, 2.75) is 32.9 Å². The molecule has 19 heavy (non-hydrogen) atoms. The van der Waals surface area contributed by atoms with Gasteiger partial charge in [-0.2, -0.15) is 15.4 Å². The van der Waals surface area contributed by atoms with Crippen LogP contribution in [0.4, 0.5) is 0 Å². The summed E-state index contributed by atoms with van der Waals surface area (Å²) >= 11 is 0. The molecule has 6 heteroatoms. The monoisotopic (exact) mass is 261 g/mol. The number of rotatable bonds is 6. The van der Waals surface area contributed by atoms with Crippen LogP contribution in [0.25, 0.3) is 0 Å². The van der Waals surface area contributed by atoms with E-state index in [1.54, 1.807) is 12.4 Å². The molecule has 0 aromatic carbocycles. The summed E-state index contributed by atoms with van der Waals surface area (Å²) in [6.45, 7) is 6.86. The molecular weight excluding hydrogens is 242 g/mol. The molecule has 1 atom stereocenters. The van der Waals surface area contributed by atoms with E-state index in [0.29, 0.717) is 0 Å². The van der Waals surface area contributed by atoms with Crippen molar-refractivity contribution in [3.05, 3.63) is 35.9 Å². The molecule has 0 bridgehead atoms. The van der Waals surface area contributed by atoms with Crippen molar-refractivity contribution in [3.63, 3.8) is 0 Å². The van der Waals surface area contributed by atoms with E-state index in [1.807, 2.05) is 26.1 Å². The predicted octanol–water partition coefficient (Wildman–Crippen LogP) is 1.69. The molecule has 2 heterocycles. The summed E-state index contributed by atoms with van der Waals surface area (Å²) in [5, 5.41) is 14.0. The number of pyridine rings is 1. The first-order valence-electron chi connectivity index (χ1n) is 6.41. The van der Waals surface area contributed by atoms with Crippen molar-refractivity contribution in [1.29, 1.82) is 0 Å². The van der Waals surface area contributed by atoms with Crippen LogP contribution in [0.15, 0.2) is 24.7 Å². The summed E-state index contributed by atoms with van der Waals surface area (Å²) in [6.07, 6.45) is 5.37. The SMILES string of the molecule is CCNC(c1cncc(OC(C)C)c1)c1cn[nH]n1. The van der Waals surface area contributed by atoms with Crippen LogP contribution >= 0.6 is 0 Å². The van der Waals surface area contributed by atoms with Gasteiger partial charge >= 0.3 is 0 Å². The fourth-order valence-corrected chi connectivity index (χ4v) is 1.88. The lowest BCUT2D eigenvalue weighted by atomic mass is 10.1. The Bertz CT molecular complexity index is 497. The van der Waals surface area contributed by atoms with Gasteiger partial charge in [0.2, 0.25) is 0 Å². The fourth-order valence-electron chi connectivity index (χ4n) is 1.88. The third-order valence-corrected chi connectivity index (χ3v) is 2.58. The average Bonchev–Trinajstić information content (AvgIpc) is 2.89. The van der Waals surface area contributed by atoms with Crippen molar-refractivity contribution < 1.29 is 4.74 Å². The van der Waals surface area contributed by atoms with Gasteiger partial charge in [-0.15, -0.1) is 0 Å². The Hall–Kier alpha value is -1.95. The van der Waals surface area contributed by atoms with Crippen LogP contribution in [0.3, 0.4) is 0 Å². The molecule has 1 unspecified atom stereocenters. The zero-order valence-corrected chi connectivity index (χ0v) is 11.4. The van der Waals surface area contributed by atoms with Crippen LogP contribution < -0.4 is 10.1 Å². The molecule has 102 valence electrons. The minimum atomic E-state index is -0.0352. The molecule has 0 spiro atoms. The number of aromatic amines is 1. The predicted molar refractivity (Wildman–Crippen MR) is 71.9 cm³/mol. The van der Waals surface area contributed by atoms with Gasteiger partial charge in [0.1, 0.15) is 11.4 Å². The van der Waals surface area contributed by atoms with Crippen LogP contribution in [-0.4, -0.2) is 33.0 Å². The normalized spacial score (nSPS) is 12.6. The van der Waals surface area contributed by atoms with Gasteiger partial charge in [-0.05, 0) is 32.0 Å². The van der Waals surface area contributed by atoms with E-state index in [9.17, 15) is 0 Å². The number of hydrogen-bond donors (Lipinski definition) is 2. The summed E-state index contributed by atoms with van der Waals surface area (Å²) in [7, 11) is 0. The van der Waals surface area contributed by atoms with Gasteiger partial charge in [-0.1, -0.05) is 6.92 Å². The van der Waals surface area contributed by atoms with E-state index >= 15 is 0 Å². The summed E-state index contributed by atoms with van der Waals surface area (Å²) < 4.78 is 5.67. The number of aromatic nitrogens is 4. The maximum atomic E-state index is 5.67. The Labute approximate surface area is 112 Å². The molecule has 2 aromatic rings. The van der Waals surface area contributed by atoms with Gasteiger partial charge in [0.25, 0.3) is 0 Å². The summed E-state index contributed by atoms with van der Waals surface area (Å²) in [5.74, 6) is 0.763. The van der Waals surface area contributed by atoms with Gasteiger partial charge in [-0.3, -0.25) is 4.98 Å². The summed E-state index contributed by atoms with van der Waals surface area (Å²) in [4.78, 5) is 4.23. The highest BCUT2D eigenvalue weighted by atomic mass is 16.5. The van der Waals surface area contributed by atoms with E-state index in [0.717, 1.165) is 23.6 Å². The number of ether oxygens (including phenoxy) is 1. The Balaban J connectivity index is 2.26. The van der Waals surface area contributed by atoms with Gasteiger partial charge in [0, 0.05) is 6.20 Å². The molecule has 2 aromatic heterocycles. The van der Waals surface area contributed by atoms with E-state index in [-0.39, 0.29) is 12.1 Å². The lowest BCUT2D eigenvalue weighted by Crippen LogP contribution is -2.22. The van der Waals surface area contributed by atoms with Gasteiger partial charge in [0.05, 0.1) is 24.5 Å². The zero-order chi connectivity index (χ0) is 13.7. The van der Waals surface area contributed by atoms with Crippen LogP contribution in [0.2, 0.25) is 0 Å². The van der Waals surface area contributed by atoms with Crippen molar-refractivity contribution in [2.75, 3.05) is 6.54 Å². The molecule has 0 aliphatic carbocycles. The second kappa shape index (κ2) is 6.29. The second-order valence-corrected chi connectivity index (χ2v) is 4.51. The molecule has 2 rings (SSSR count). The van der Waals surface area contributed by atoms with Crippen LogP contribution in [0.5, 0.6) is 5.75 Å². The van der Waals surface area contributed by atoms with E-state index in [4.69, 9.17) is 4.74 Å². The third kappa shape index (κ3) is 3.51. The molecule has 0 aliphatic heterocycles. The van der Waals surface area contributed by atoms with Crippen molar-refractivity contribution in [1.82, 2.24) is 25.7 Å². The minimum Gasteiger partial charge on any atom is -0.489 e. The van der Waals surface area contributed by atoms with E-state index < -0.39 is 0 Å². The Morgan fingerprint density at radius 1 is 1.32 bits per heavy atom. The average molecular weight is 261 g/mol. The van der Waals surface area contributed by atoms with Crippen molar-refractivity contribution in [2.24, 2.45) is 0 Å². The molecule has 0 fully saturated rings. The molecule has 0 radical (unpaired) electrons. The molecular formula is C13H19N5O. The third-order valence-electron chi connectivity index (χ3n) is 2.58. The van der Waals surface area contributed by atoms with Gasteiger partial charge in [-0.25, -0.2) is 0 Å². The number of H-pyrrole nitrogens is 1. The minimum absolute atomic E-state index is 0.0352. The topological polar surface area (TPSA) is 75.7 Å². The zero-order valence-electron chi connectivity index (χ0n) is 11.4. The molecule has 0 saturated heterocycles. The standard InChI is InChI=1S/C13H19N5O/c1-4-15-13(12-8-16-18-17-12)10-5-11(7-14-6-10)19-9(2)3/h5-9,13,15H,4H2,1-3H3,(H,16,17,18). The highest BCUT2D eigenvalue weighted by Gasteiger charge is 2.16. The Morgan fingerprint density at radius 2 is 2.16 bits per heavy atom. The highest BCUT2D eigenvalue weighted by molar-refractivity contribution is 5.30. The first-order valence-corrected chi connectivity index (χ1v) is 6.41. The molecule has 0 saturated carbocycles. The molecule has 0 amide bonds. The highest BCUT2D eigenvalue weighted by Crippen LogP contribution is 2.22.